The monoisotopic (exact) mass is 502 g/mol. The van der Waals surface area contributed by atoms with Crippen molar-refractivity contribution in [3.05, 3.63) is 118 Å². The first-order chi connectivity index (χ1) is 16.0. The fourth-order valence-corrected chi connectivity index (χ4v) is 4.18. The van der Waals surface area contributed by atoms with Gasteiger partial charge in [-0.1, -0.05) is 58.4 Å². The summed E-state index contributed by atoms with van der Waals surface area (Å²) in [6.45, 7) is 1.97. The van der Waals surface area contributed by atoms with Crippen LogP contribution in [-0.4, -0.2) is 15.7 Å². The van der Waals surface area contributed by atoms with Crippen molar-refractivity contribution in [3.63, 3.8) is 0 Å². The predicted molar refractivity (Wildman–Crippen MR) is 132 cm³/mol. The van der Waals surface area contributed by atoms with E-state index in [1.165, 1.54) is 12.3 Å². The molecule has 0 saturated carbocycles. The first-order valence-electron chi connectivity index (χ1n) is 10.4. The molecular formula is C26H20BrFN4O. The highest BCUT2D eigenvalue weighted by atomic mass is 79.9. The molecule has 0 spiro atoms. The minimum atomic E-state index is -0.512. The summed E-state index contributed by atoms with van der Waals surface area (Å²) in [5, 5.41) is 10.7. The average Bonchev–Trinajstić information content (AvgIpc) is 3.24. The highest BCUT2D eigenvalue weighted by molar-refractivity contribution is 9.10. The highest BCUT2D eigenvalue weighted by Gasteiger charge is 2.29. The zero-order valence-corrected chi connectivity index (χ0v) is 19.3. The van der Waals surface area contributed by atoms with Crippen molar-refractivity contribution in [2.75, 3.05) is 10.6 Å². The lowest BCUT2D eigenvalue weighted by Gasteiger charge is -2.26. The number of nitrogens with zero attached hydrogens (tertiary/aromatic N) is 2. The molecule has 0 bridgehead atoms. The van der Waals surface area contributed by atoms with Crippen LogP contribution in [-0.2, 0) is 0 Å². The summed E-state index contributed by atoms with van der Waals surface area (Å²) in [5.41, 5.74) is 4.28. The third-order valence-corrected chi connectivity index (χ3v) is 6.06. The van der Waals surface area contributed by atoms with E-state index in [0.717, 1.165) is 21.3 Å². The van der Waals surface area contributed by atoms with Crippen LogP contribution in [0.1, 0.15) is 33.1 Å². The molecule has 7 heteroatoms. The third kappa shape index (κ3) is 4.19. The summed E-state index contributed by atoms with van der Waals surface area (Å²) < 4.78 is 17.4. The number of benzene rings is 3. The lowest BCUT2D eigenvalue weighted by molar-refractivity contribution is 0.102. The van der Waals surface area contributed by atoms with Gasteiger partial charge in [-0.15, -0.1) is 0 Å². The van der Waals surface area contributed by atoms with E-state index in [-0.39, 0.29) is 11.7 Å². The molecule has 1 amide bonds. The van der Waals surface area contributed by atoms with Gasteiger partial charge in [0, 0.05) is 21.4 Å². The molecule has 1 aliphatic heterocycles. The molecule has 3 aromatic carbocycles. The molecule has 2 N–H and O–H groups in total. The Labute approximate surface area is 199 Å². The minimum absolute atomic E-state index is 0.293. The summed E-state index contributed by atoms with van der Waals surface area (Å²) in [7, 11) is 0. The second-order valence-corrected chi connectivity index (χ2v) is 8.77. The number of allylic oxidation sites excluding steroid dienone is 1. The Morgan fingerprint density at radius 1 is 1.09 bits per heavy atom. The van der Waals surface area contributed by atoms with Crippen LogP contribution < -0.4 is 10.6 Å². The first-order valence-corrected chi connectivity index (χ1v) is 11.2. The van der Waals surface area contributed by atoms with Gasteiger partial charge in [-0.3, -0.25) is 4.79 Å². The molecule has 4 aromatic rings. The molecule has 164 valence electrons. The van der Waals surface area contributed by atoms with E-state index in [1.807, 2.05) is 61.5 Å². The van der Waals surface area contributed by atoms with Crippen LogP contribution in [0.2, 0.25) is 0 Å². The van der Waals surface area contributed by atoms with E-state index >= 15 is 0 Å². The van der Waals surface area contributed by atoms with Crippen LogP contribution in [0.3, 0.4) is 0 Å². The van der Waals surface area contributed by atoms with E-state index in [1.54, 1.807) is 22.9 Å². The van der Waals surface area contributed by atoms with Crippen molar-refractivity contribution in [1.29, 1.82) is 0 Å². The zero-order chi connectivity index (χ0) is 22.9. The van der Waals surface area contributed by atoms with Crippen LogP contribution >= 0.6 is 15.9 Å². The number of halogens is 2. The van der Waals surface area contributed by atoms with Crippen molar-refractivity contribution in [2.45, 2.75) is 13.0 Å². The Bertz CT molecular complexity index is 1380. The number of nitrogens with one attached hydrogen (secondary N) is 2. The maximum absolute atomic E-state index is 14.8. The molecule has 1 aliphatic rings. The predicted octanol–water partition coefficient (Wildman–Crippen LogP) is 6.40. The summed E-state index contributed by atoms with van der Waals surface area (Å²) in [6, 6.07) is 21.5. The quantitative estimate of drug-likeness (QED) is 0.339. The molecule has 0 aliphatic carbocycles. The number of carbonyl (C=O) groups excluding carboxylic acids is 1. The Balaban J connectivity index is 1.57. The Morgan fingerprint density at radius 3 is 2.64 bits per heavy atom. The molecule has 0 saturated heterocycles. The Hall–Kier alpha value is -3.71. The van der Waals surface area contributed by atoms with Crippen LogP contribution in [0.15, 0.2) is 89.5 Å². The number of amides is 1. The van der Waals surface area contributed by atoms with Crippen molar-refractivity contribution in [2.24, 2.45) is 0 Å². The number of hydrogen-bond donors (Lipinski definition) is 2. The Morgan fingerprint density at radius 2 is 1.88 bits per heavy atom. The van der Waals surface area contributed by atoms with Gasteiger partial charge < -0.3 is 10.6 Å². The minimum Gasteiger partial charge on any atom is -0.339 e. The van der Waals surface area contributed by atoms with Crippen LogP contribution in [0, 0.1) is 12.7 Å². The van der Waals surface area contributed by atoms with Crippen molar-refractivity contribution < 1.29 is 9.18 Å². The number of rotatable bonds is 4. The van der Waals surface area contributed by atoms with E-state index < -0.39 is 6.04 Å². The summed E-state index contributed by atoms with van der Waals surface area (Å²) in [5.74, 6) is -0.115. The highest BCUT2D eigenvalue weighted by Crippen LogP contribution is 2.36. The molecule has 5 rings (SSSR count). The third-order valence-electron chi connectivity index (χ3n) is 5.54. The largest absolute Gasteiger partial charge is 0.339 e. The first kappa shape index (κ1) is 21.2. The molecule has 33 heavy (non-hydrogen) atoms. The van der Waals surface area contributed by atoms with Gasteiger partial charge in [0.2, 0.25) is 0 Å². The van der Waals surface area contributed by atoms with Crippen LogP contribution in [0.5, 0.6) is 0 Å². The second kappa shape index (κ2) is 8.67. The lowest BCUT2D eigenvalue weighted by Crippen LogP contribution is -2.22. The molecule has 1 aromatic heterocycles. The SMILES string of the molecule is Cc1cccc(NC(=O)c2cnn3c2NC(c2ccc(Br)cc2)=C[C@@H]3c2ccccc2F)c1. The van der Waals surface area contributed by atoms with Crippen molar-refractivity contribution in [1.82, 2.24) is 9.78 Å². The second-order valence-electron chi connectivity index (χ2n) is 7.85. The fourth-order valence-electron chi connectivity index (χ4n) is 3.92. The fraction of sp³-hybridized carbons (Fsp3) is 0.0769. The molecule has 0 radical (unpaired) electrons. The molecular weight excluding hydrogens is 483 g/mol. The summed E-state index contributed by atoms with van der Waals surface area (Å²) >= 11 is 3.46. The Kier molecular flexibility index (Phi) is 5.56. The van der Waals surface area contributed by atoms with E-state index in [4.69, 9.17) is 0 Å². The number of anilines is 2. The summed E-state index contributed by atoms with van der Waals surface area (Å²) in [4.78, 5) is 13.2. The molecule has 0 fully saturated rings. The smallest absolute Gasteiger partial charge is 0.261 e. The standard InChI is InChI=1S/C26H20BrFN4O/c1-16-5-4-6-19(13-16)30-26(33)21-15-29-32-24(20-7-2-3-8-22(20)28)14-23(31-25(21)32)17-9-11-18(27)12-10-17/h2-15,24,31H,1H3,(H,30,33)/t24-/m1/s1. The average molecular weight is 503 g/mol. The summed E-state index contributed by atoms with van der Waals surface area (Å²) in [6.07, 6.45) is 3.43. The number of fused-ring (bicyclic) bond motifs is 1. The number of carbonyl (C=O) groups is 1. The molecule has 5 nitrogen and oxygen atoms in total. The number of hydrogen-bond acceptors (Lipinski definition) is 3. The molecule has 0 unspecified atom stereocenters. The van der Waals surface area contributed by atoms with Crippen LogP contribution in [0.25, 0.3) is 5.70 Å². The van der Waals surface area contributed by atoms with Gasteiger partial charge in [-0.25, -0.2) is 9.07 Å². The van der Waals surface area contributed by atoms with E-state index in [0.29, 0.717) is 22.6 Å². The van der Waals surface area contributed by atoms with Gasteiger partial charge in [0.05, 0.1) is 6.20 Å². The van der Waals surface area contributed by atoms with Crippen molar-refractivity contribution >= 4 is 39.0 Å². The van der Waals surface area contributed by atoms with Gasteiger partial charge in [-0.2, -0.15) is 5.10 Å². The van der Waals surface area contributed by atoms with Crippen molar-refractivity contribution in [3.8, 4) is 0 Å². The van der Waals surface area contributed by atoms with Gasteiger partial charge in [-0.05, 0) is 54.5 Å². The van der Waals surface area contributed by atoms with Gasteiger partial charge in [0.1, 0.15) is 23.2 Å². The van der Waals surface area contributed by atoms with E-state index in [9.17, 15) is 9.18 Å². The lowest BCUT2D eigenvalue weighted by atomic mass is 10.0. The van der Waals surface area contributed by atoms with E-state index in [2.05, 4.69) is 31.7 Å². The maximum atomic E-state index is 14.8. The van der Waals surface area contributed by atoms with Gasteiger partial charge >= 0.3 is 0 Å². The van der Waals surface area contributed by atoms with Gasteiger partial charge in [0.15, 0.2) is 0 Å². The molecule has 1 atom stereocenters. The zero-order valence-electron chi connectivity index (χ0n) is 17.7. The maximum Gasteiger partial charge on any atom is 0.261 e. The molecule has 2 heterocycles. The van der Waals surface area contributed by atoms with Gasteiger partial charge in [0.25, 0.3) is 5.91 Å². The number of aromatic nitrogens is 2. The topological polar surface area (TPSA) is 59.0 Å². The van der Waals surface area contributed by atoms with Crippen LogP contribution in [0.4, 0.5) is 15.9 Å². The normalized spacial score (nSPS) is 14.8. The number of aryl methyl sites for hydroxylation is 1.